The summed E-state index contributed by atoms with van der Waals surface area (Å²) in [6, 6.07) is 5.92. The number of ether oxygens (including phenoxy) is 2. The van der Waals surface area contributed by atoms with Crippen molar-refractivity contribution in [1.82, 2.24) is 0 Å². The highest BCUT2D eigenvalue weighted by Gasteiger charge is 2.85. The van der Waals surface area contributed by atoms with Crippen LogP contribution in [0.3, 0.4) is 0 Å². The normalized spacial score (nSPS) is 46.1. The largest absolute Gasteiger partial charge is 0.395 e. The fourth-order valence-electron chi connectivity index (χ4n) is 6.04. The van der Waals surface area contributed by atoms with E-state index < -0.39 is 28.9 Å². The van der Waals surface area contributed by atoms with Crippen molar-refractivity contribution >= 4 is 11.6 Å². The lowest BCUT2D eigenvalue weighted by molar-refractivity contribution is -0.164. The number of carbonyl (C=O) groups is 1. The Morgan fingerprint density at radius 2 is 2.08 bits per heavy atom. The van der Waals surface area contributed by atoms with Gasteiger partial charge < -0.3 is 19.7 Å². The van der Waals surface area contributed by atoms with E-state index in [1.807, 2.05) is 39.0 Å². The predicted octanol–water partition coefficient (Wildman–Crippen LogP) is 1.28. The lowest BCUT2D eigenvalue weighted by Crippen LogP contribution is -2.61. The minimum Gasteiger partial charge on any atom is -0.395 e. The van der Waals surface area contributed by atoms with E-state index >= 15 is 0 Å². The first kappa shape index (κ1) is 16.7. The van der Waals surface area contributed by atoms with Crippen LogP contribution >= 0.6 is 0 Å². The summed E-state index contributed by atoms with van der Waals surface area (Å²) in [6.45, 7) is 6.03. The molecule has 4 fully saturated rings. The lowest BCUT2D eigenvalue weighted by Gasteiger charge is -2.46. The van der Waals surface area contributed by atoms with Gasteiger partial charge in [-0.1, -0.05) is 6.07 Å². The zero-order valence-electron chi connectivity index (χ0n) is 15.4. The maximum atomic E-state index is 13.7. The van der Waals surface area contributed by atoms with Crippen LogP contribution in [0.1, 0.15) is 30.9 Å². The summed E-state index contributed by atoms with van der Waals surface area (Å²) in [7, 11) is 0. The van der Waals surface area contributed by atoms with Gasteiger partial charge in [-0.3, -0.25) is 9.69 Å². The summed E-state index contributed by atoms with van der Waals surface area (Å²) in [5, 5.41) is 21.2. The van der Waals surface area contributed by atoms with Crippen LogP contribution in [0.15, 0.2) is 18.2 Å². The standard InChI is InChI=1S/C20H25NO5/c1-11-4-5-13(8-12(11)2)21-16-15-19(10-22,17(21)24)18(3)9-14(23)20(15,26-18)6-7-25-16/h4-5,8,14-16,22-23H,6-7,9-10H2,1-3H3/t14-,15+,16-,18+,19+,20-/m0/s1. The molecule has 1 amide bonds. The third-order valence-electron chi connectivity index (χ3n) is 7.50. The number of aliphatic hydroxyl groups is 2. The Hall–Kier alpha value is -1.47. The van der Waals surface area contributed by atoms with Gasteiger partial charge in [0, 0.05) is 18.5 Å². The molecule has 6 heteroatoms. The van der Waals surface area contributed by atoms with E-state index in [0.717, 1.165) is 16.8 Å². The number of anilines is 1. The number of hydrogen-bond donors (Lipinski definition) is 2. The summed E-state index contributed by atoms with van der Waals surface area (Å²) in [6.07, 6.45) is -0.261. The van der Waals surface area contributed by atoms with Gasteiger partial charge in [0.15, 0.2) is 0 Å². The third kappa shape index (κ3) is 1.57. The quantitative estimate of drug-likeness (QED) is 0.832. The second kappa shape index (κ2) is 4.87. The van der Waals surface area contributed by atoms with Crippen LogP contribution < -0.4 is 4.90 Å². The molecule has 0 saturated carbocycles. The number of benzene rings is 1. The molecule has 0 unspecified atom stereocenters. The predicted molar refractivity (Wildman–Crippen MR) is 93.6 cm³/mol. The molecule has 2 N–H and O–H groups in total. The molecule has 1 aromatic carbocycles. The zero-order valence-corrected chi connectivity index (χ0v) is 15.4. The number of amides is 1. The molecule has 4 aliphatic rings. The zero-order chi connectivity index (χ0) is 18.5. The van der Waals surface area contributed by atoms with Gasteiger partial charge in [-0.15, -0.1) is 0 Å². The maximum absolute atomic E-state index is 13.7. The second-order valence-electron chi connectivity index (χ2n) is 8.57. The summed E-state index contributed by atoms with van der Waals surface area (Å²) in [5.74, 6) is -0.534. The highest BCUT2D eigenvalue weighted by Crippen LogP contribution is 2.70. The molecule has 0 aromatic heterocycles. The minimum absolute atomic E-state index is 0.156. The number of aryl methyl sites for hydroxylation is 2. The molecular formula is C20H25NO5. The molecule has 4 heterocycles. The Morgan fingerprint density at radius 3 is 2.77 bits per heavy atom. The first-order chi connectivity index (χ1) is 12.3. The number of fused-ring (bicyclic) bond motifs is 2. The molecule has 6 atom stereocenters. The second-order valence-corrected chi connectivity index (χ2v) is 8.57. The van der Waals surface area contributed by atoms with Crippen LogP contribution in [0, 0.1) is 25.2 Å². The summed E-state index contributed by atoms with van der Waals surface area (Å²) in [4.78, 5) is 15.4. The highest BCUT2D eigenvalue weighted by molar-refractivity contribution is 6.03. The van der Waals surface area contributed by atoms with E-state index in [4.69, 9.17) is 9.47 Å². The van der Waals surface area contributed by atoms with Crippen molar-refractivity contribution in [2.24, 2.45) is 11.3 Å². The number of hydrogen-bond acceptors (Lipinski definition) is 5. The number of aliphatic hydroxyl groups excluding tert-OH is 2. The monoisotopic (exact) mass is 359 g/mol. The van der Waals surface area contributed by atoms with Crippen molar-refractivity contribution in [2.75, 3.05) is 18.1 Å². The van der Waals surface area contributed by atoms with E-state index in [9.17, 15) is 15.0 Å². The van der Waals surface area contributed by atoms with Gasteiger partial charge in [0.1, 0.15) is 17.2 Å². The highest BCUT2D eigenvalue weighted by atomic mass is 16.6. The first-order valence-corrected chi connectivity index (χ1v) is 9.32. The fraction of sp³-hybridized carbons (Fsp3) is 0.650. The average Bonchev–Trinajstić information content (AvgIpc) is 3.11. The van der Waals surface area contributed by atoms with E-state index in [0.29, 0.717) is 19.4 Å². The topological polar surface area (TPSA) is 79.2 Å². The fourth-order valence-corrected chi connectivity index (χ4v) is 6.04. The average molecular weight is 359 g/mol. The van der Waals surface area contributed by atoms with Crippen molar-refractivity contribution in [1.29, 1.82) is 0 Å². The molecule has 26 heavy (non-hydrogen) atoms. The van der Waals surface area contributed by atoms with Crippen molar-refractivity contribution in [3.05, 3.63) is 29.3 Å². The third-order valence-corrected chi connectivity index (χ3v) is 7.50. The molecule has 4 aliphatic heterocycles. The Bertz CT molecular complexity index is 811. The summed E-state index contributed by atoms with van der Waals surface area (Å²) < 4.78 is 12.4. The van der Waals surface area contributed by atoms with E-state index in [1.54, 1.807) is 4.90 Å². The van der Waals surface area contributed by atoms with Crippen LogP contribution in [0.4, 0.5) is 5.69 Å². The molecule has 6 nitrogen and oxygen atoms in total. The Labute approximate surface area is 152 Å². The minimum atomic E-state index is -1.07. The maximum Gasteiger partial charge on any atom is 0.241 e. The smallest absolute Gasteiger partial charge is 0.241 e. The molecule has 0 aliphatic carbocycles. The van der Waals surface area contributed by atoms with Gasteiger partial charge in [-0.2, -0.15) is 0 Å². The van der Waals surface area contributed by atoms with Crippen molar-refractivity contribution < 1.29 is 24.5 Å². The van der Waals surface area contributed by atoms with Crippen LogP contribution in [0.2, 0.25) is 0 Å². The Balaban J connectivity index is 1.71. The number of nitrogens with zero attached hydrogens (tertiary/aromatic N) is 1. The number of rotatable bonds is 2. The van der Waals surface area contributed by atoms with Gasteiger partial charge in [0.25, 0.3) is 0 Å². The molecule has 140 valence electrons. The van der Waals surface area contributed by atoms with Crippen LogP contribution in [0.5, 0.6) is 0 Å². The molecule has 1 spiro atoms. The van der Waals surface area contributed by atoms with Crippen molar-refractivity contribution in [2.45, 2.75) is 57.1 Å². The lowest BCUT2D eigenvalue weighted by atomic mass is 9.56. The van der Waals surface area contributed by atoms with Gasteiger partial charge in [0.2, 0.25) is 5.91 Å². The molecule has 1 aromatic rings. The molecule has 4 saturated heterocycles. The van der Waals surface area contributed by atoms with Gasteiger partial charge in [-0.25, -0.2) is 0 Å². The summed E-state index contributed by atoms with van der Waals surface area (Å²) in [5.41, 5.74) is 0.259. The Morgan fingerprint density at radius 1 is 1.31 bits per heavy atom. The van der Waals surface area contributed by atoms with Gasteiger partial charge in [0.05, 0.1) is 30.8 Å². The first-order valence-electron chi connectivity index (χ1n) is 9.32. The summed E-state index contributed by atoms with van der Waals surface area (Å²) >= 11 is 0. The van der Waals surface area contributed by atoms with Gasteiger partial charge >= 0.3 is 0 Å². The van der Waals surface area contributed by atoms with Gasteiger partial charge in [-0.05, 0) is 44.0 Å². The molecule has 0 radical (unpaired) electrons. The van der Waals surface area contributed by atoms with Crippen molar-refractivity contribution in [3.63, 3.8) is 0 Å². The van der Waals surface area contributed by atoms with E-state index in [-0.39, 0.29) is 18.4 Å². The molecule has 2 bridgehead atoms. The SMILES string of the molecule is Cc1ccc(N2C(=O)[C@@]3(CO)[C@H]4[C@@H]2OCC[C@@]42O[C@]3(C)C[C@@H]2O)cc1C. The van der Waals surface area contributed by atoms with Crippen LogP contribution in [-0.4, -0.2) is 52.9 Å². The van der Waals surface area contributed by atoms with Crippen LogP contribution in [-0.2, 0) is 14.3 Å². The molecule has 5 rings (SSSR count). The van der Waals surface area contributed by atoms with Crippen molar-refractivity contribution in [3.8, 4) is 0 Å². The van der Waals surface area contributed by atoms with E-state index in [1.165, 1.54) is 0 Å². The van der Waals surface area contributed by atoms with Crippen LogP contribution in [0.25, 0.3) is 0 Å². The molecular weight excluding hydrogens is 334 g/mol. The Kier molecular flexibility index (Phi) is 3.12. The number of carbonyl (C=O) groups excluding carboxylic acids is 1. The van der Waals surface area contributed by atoms with E-state index in [2.05, 4.69) is 0 Å².